The lowest BCUT2D eigenvalue weighted by molar-refractivity contribution is -0.387. The Morgan fingerprint density at radius 1 is 0.696 bits per heavy atom. The predicted octanol–water partition coefficient (Wildman–Crippen LogP) is 11.0. The average molecular weight is 808 g/mol. The number of aromatic nitrogens is 4. The second-order valence-corrected chi connectivity index (χ2v) is 14.6. The third-order valence-electron chi connectivity index (χ3n) is 10.0. The maximum Gasteiger partial charge on any atom is 0.311 e. The summed E-state index contributed by atoms with van der Waals surface area (Å²) >= 11 is 11.6. The van der Waals surface area contributed by atoms with Gasteiger partial charge in [0.25, 0.3) is 0 Å². The van der Waals surface area contributed by atoms with Crippen LogP contribution >= 0.6 is 23.2 Å². The number of fused-ring (bicyclic) bond motifs is 2. The SMILES string of the molecule is O=[N+]([O-])c1cc2c(Nc3ccc(F)c(Cl)c3)ncnc2cc1F.O=[N+]([O-])c1cc2c(Nc3ccc(F)c(Cl)c3)ncnc2cc1OCC1CC2(CCCCC2)C1. The van der Waals surface area contributed by atoms with Crippen LogP contribution in [-0.2, 0) is 0 Å². The standard InChI is InChI=1S/C24H24ClFN4O3.C14H7ClF2N4O2/c25-18-8-16(4-5-19(18)26)29-23-17-9-21(30(31)32)22(10-20(17)27-14-28-23)33-13-15-11-24(12-15)6-2-1-3-7-24;15-9-3-7(1-2-10(9)16)20-14-8-4-13(21(22)23)11(17)5-12(8)18-6-19-14/h4-5,8-10,14-15H,1-3,6-7,11-13H2,(H,27,28,29);1-6H,(H,18,19,20). The van der Waals surface area contributed by atoms with Crippen molar-refractivity contribution in [1.82, 2.24) is 19.9 Å². The first-order valence-electron chi connectivity index (χ1n) is 17.5. The van der Waals surface area contributed by atoms with Crippen LogP contribution in [-0.4, -0.2) is 36.4 Å². The molecule has 2 fully saturated rings. The Hall–Kier alpha value is -5.87. The number of ether oxygens (including phenoxy) is 1. The second-order valence-electron chi connectivity index (χ2n) is 13.8. The van der Waals surface area contributed by atoms with Gasteiger partial charge >= 0.3 is 11.4 Å². The van der Waals surface area contributed by atoms with Gasteiger partial charge in [0.2, 0.25) is 5.82 Å². The van der Waals surface area contributed by atoms with Crippen LogP contribution in [0.1, 0.15) is 44.9 Å². The van der Waals surface area contributed by atoms with Gasteiger partial charge in [0.1, 0.15) is 35.9 Å². The third kappa shape index (κ3) is 8.35. The van der Waals surface area contributed by atoms with E-state index in [1.54, 1.807) is 6.07 Å². The lowest BCUT2D eigenvalue weighted by Gasteiger charge is -2.50. The number of anilines is 4. The molecule has 6 aromatic rings. The number of nitrogens with one attached hydrogen (secondary N) is 2. The van der Waals surface area contributed by atoms with Crippen molar-refractivity contribution >= 4 is 79.4 Å². The lowest BCUT2D eigenvalue weighted by atomic mass is 9.56. The maximum atomic E-state index is 13.6. The highest BCUT2D eigenvalue weighted by Gasteiger charge is 2.44. The smallest absolute Gasteiger partial charge is 0.311 e. The fourth-order valence-electron chi connectivity index (χ4n) is 7.36. The molecule has 56 heavy (non-hydrogen) atoms. The van der Waals surface area contributed by atoms with E-state index < -0.39 is 33.0 Å². The van der Waals surface area contributed by atoms with Gasteiger partial charge in [-0.25, -0.2) is 28.7 Å². The van der Waals surface area contributed by atoms with E-state index in [0.717, 1.165) is 31.0 Å². The number of nitro groups is 2. The molecule has 0 amide bonds. The summed E-state index contributed by atoms with van der Waals surface area (Å²) in [5, 5.41) is 29.1. The van der Waals surface area contributed by atoms with E-state index in [1.165, 1.54) is 81.2 Å². The zero-order valence-corrected chi connectivity index (χ0v) is 30.8. The van der Waals surface area contributed by atoms with Crippen molar-refractivity contribution in [1.29, 1.82) is 0 Å². The van der Waals surface area contributed by atoms with Gasteiger partial charge in [-0.3, -0.25) is 20.2 Å². The Balaban J connectivity index is 0.000000183. The molecular formula is C38H31Cl2F3N8O5. The topological polar surface area (TPSA) is 171 Å². The minimum absolute atomic E-state index is 0.0361. The fraction of sp³-hybridized carbons (Fsp3) is 0.263. The Bertz CT molecular complexity index is 2480. The summed E-state index contributed by atoms with van der Waals surface area (Å²) in [7, 11) is 0. The molecule has 1 spiro atoms. The first kappa shape index (κ1) is 38.4. The molecule has 0 unspecified atom stereocenters. The molecule has 2 N–H and O–H groups in total. The predicted molar refractivity (Wildman–Crippen MR) is 205 cm³/mol. The summed E-state index contributed by atoms with van der Waals surface area (Å²) in [6.45, 7) is 0.471. The van der Waals surface area contributed by atoms with E-state index in [2.05, 4.69) is 30.6 Å². The van der Waals surface area contributed by atoms with Gasteiger partial charge < -0.3 is 15.4 Å². The van der Waals surface area contributed by atoms with Crippen LogP contribution in [0.15, 0.2) is 73.3 Å². The maximum absolute atomic E-state index is 13.6. The summed E-state index contributed by atoms with van der Waals surface area (Å²) in [5.74, 6) is -0.889. The summed E-state index contributed by atoms with van der Waals surface area (Å²) in [5.41, 5.74) is 1.29. The summed E-state index contributed by atoms with van der Waals surface area (Å²) in [6.07, 6.45) is 11.4. The Morgan fingerprint density at radius 3 is 1.73 bits per heavy atom. The summed E-state index contributed by atoms with van der Waals surface area (Å²) in [6, 6.07) is 13.1. The number of nitro benzene ring substituents is 2. The van der Waals surface area contributed by atoms with Crippen LogP contribution in [0.2, 0.25) is 10.0 Å². The average Bonchev–Trinajstić information content (AvgIpc) is 3.16. The molecule has 0 radical (unpaired) electrons. The van der Waals surface area contributed by atoms with Crippen LogP contribution in [0.25, 0.3) is 21.8 Å². The van der Waals surface area contributed by atoms with Crippen molar-refractivity contribution in [2.45, 2.75) is 44.9 Å². The van der Waals surface area contributed by atoms with Crippen LogP contribution in [0.4, 0.5) is 47.6 Å². The first-order valence-corrected chi connectivity index (χ1v) is 18.2. The number of halogens is 5. The van der Waals surface area contributed by atoms with Gasteiger partial charge in [-0.05, 0) is 73.4 Å². The van der Waals surface area contributed by atoms with E-state index in [0.29, 0.717) is 46.0 Å². The van der Waals surface area contributed by atoms with E-state index in [4.69, 9.17) is 27.9 Å². The Morgan fingerprint density at radius 2 is 1.21 bits per heavy atom. The molecule has 0 aliphatic heterocycles. The number of rotatable bonds is 9. The largest absolute Gasteiger partial charge is 0.486 e. The molecule has 4 aromatic carbocycles. The normalized spacial score (nSPS) is 14.8. The van der Waals surface area contributed by atoms with E-state index in [1.807, 2.05) is 0 Å². The zero-order valence-electron chi connectivity index (χ0n) is 29.3. The summed E-state index contributed by atoms with van der Waals surface area (Å²) < 4.78 is 46.2. The molecule has 8 rings (SSSR count). The van der Waals surface area contributed by atoms with Crippen molar-refractivity contribution < 1.29 is 27.8 Å². The number of nitrogens with zero attached hydrogens (tertiary/aromatic N) is 6. The van der Waals surface area contributed by atoms with E-state index in [-0.39, 0.29) is 38.2 Å². The molecule has 288 valence electrons. The van der Waals surface area contributed by atoms with Crippen LogP contribution in [0.5, 0.6) is 5.75 Å². The van der Waals surface area contributed by atoms with Crippen molar-refractivity contribution in [2.24, 2.45) is 11.3 Å². The number of hydrogen-bond donors (Lipinski definition) is 2. The highest BCUT2D eigenvalue weighted by atomic mass is 35.5. The zero-order chi connectivity index (χ0) is 39.6. The Kier molecular flexibility index (Phi) is 11.0. The van der Waals surface area contributed by atoms with E-state index >= 15 is 0 Å². The highest BCUT2D eigenvalue weighted by molar-refractivity contribution is 6.31. The Labute approximate surface area is 326 Å². The van der Waals surface area contributed by atoms with Gasteiger partial charge in [-0.15, -0.1) is 0 Å². The minimum Gasteiger partial charge on any atom is -0.486 e. The first-order chi connectivity index (χ1) is 26.9. The second kappa shape index (κ2) is 16.1. The molecule has 2 aromatic heterocycles. The highest BCUT2D eigenvalue weighted by Crippen LogP contribution is 2.55. The van der Waals surface area contributed by atoms with Crippen LogP contribution in [0, 0.1) is 49.0 Å². The van der Waals surface area contributed by atoms with Crippen molar-refractivity contribution in [3.05, 3.63) is 121 Å². The monoisotopic (exact) mass is 806 g/mol. The summed E-state index contributed by atoms with van der Waals surface area (Å²) in [4.78, 5) is 37.7. The molecule has 2 aliphatic carbocycles. The fourth-order valence-corrected chi connectivity index (χ4v) is 7.72. The van der Waals surface area contributed by atoms with Gasteiger partial charge in [0.15, 0.2) is 5.75 Å². The molecule has 0 saturated heterocycles. The van der Waals surface area contributed by atoms with Gasteiger partial charge in [-0.2, -0.15) is 4.39 Å². The molecule has 13 nitrogen and oxygen atoms in total. The number of hydrogen-bond acceptors (Lipinski definition) is 11. The van der Waals surface area contributed by atoms with Crippen molar-refractivity contribution in [2.75, 3.05) is 17.2 Å². The van der Waals surface area contributed by atoms with Crippen molar-refractivity contribution in [3.8, 4) is 5.75 Å². The van der Waals surface area contributed by atoms with Crippen molar-refractivity contribution in [3.63, 3.8) is 0 Å². The molecule has 2 heterocycles. The number of benzene rings is 4. The molecule has 18 heteroatoms. The van der Waals surface area contributed by atoms with Crippen LogP contribution in [0.3, 0.4) is 0 Å². The third-order valence-corrected chi connectivity index (χ3v) is 10.6. The molecule has 2 saturated carbocycles. The van der Waals surface area contributed by atoms with Gasteiger partial charge in [0, 0.05) is 35.6 Å². The molecule has 0 atom stereocenters. The van der Waals surface area contributed by atoms with Gasteiger partial charge in [-0.1, -0.05) is 42.5 Å². The molecular weight excluding hydrogens is 776 g/mol. The molecule has 0 bridgehead atoms. The quantitative estimate of drug-likeness (QED) is 0.105. The van der Waals surface area contributed by atoms with E-state index in [9.17, 15) is 33.4 Å². The lowest BCUT2D eigenvalue weighted by Crippen LogP contribution is -2.41. The van der Waals surface area contributed by atoms with Gasteiger partial charge in [0.05, 0.1) is 48.3 Å². The van der Waals surface area contributed by atoms with Crippen LogP contribution < -0.4 is 15.4 Å². The minimum atomic E-state index is -0.989. The molecule has 2 aliphatic rings.